The van der Waals surface area contributed by atoms with Gasteiger partial charge in [0.15, 0.2) is 0 Å². The molecule has 0 bridgehead atoms. The van der Waals surface area contributed by atoms with Gasteiger partial charge in [0.2, 0.25) is 0 Å². The Morgan fingerprint density at radius 1 is 0.583 bits per heavy atom. The van der Waals surface area contributed by atoms with E-state index in [1.807, 2.05) is 39.8 Å². The van der Waals surface area contributed by atoms with Gasteiger partial charge in [0, 0.05) is 17.1 Å². The van der Waals surface area contributed by atoms with Gasteiger partial charge >= 0.3 is 0 Å². The van der Waals surface area contributed by atoms with E-state index in [4.69, 9.17) is 53.7 Å². The fraction of sp³-hybridized carbons (Fsp3) is 0.308. The fourth-order valence-electron chi connectivity index (χ4n) is 2.89. The molecule has 0 spiro atoms. The smallest absolute Gasteiger partial charge is 0.142 e. The van der Waals surface area contributed by atoms with E-state index in [2.05, 4.69) is 0 Å². The molecule has 0 aromatic heterocycles. The SMILES string of the molecule is CCOc1cc(C)c(N)cc1N.COc1cc(C)c(N)cc1N.Cc1cc(OCCO)c(N)cc1N. The van der Waals surface area contributed by atoms with Gasteiger partial charge in [0.05, 0.1) is 37.4 Å². The Morgan fingerprint density at radius 3 is 1.31 bits per heavy atom. The van der Waals surface area contributed by atoms with Crippen molar-refractivity contribution in [2.24, 2.45) is 0 Å². The number of hydrogen-bond donors (Lipinski definition) is 7. The summed E-state index contributed by atoms with van der Waals surface area (Å²) in [6.45, 7) is 8.48. The van der Waals surface area contributed by atoms with Crippen LogP contribution in [0, 0.1) is 20.8 Å². The first-order chi connectivity index (χ1) is 16.9. The van der Waals surface area contributed by atoms with Gasteiger partial charge in [-0.05, 0) is 80.8 Å². The number of methoxy groups -OCH3 is 1. The largest absolute Gasteiger partial charge is 0.495 e. The van der Waals surface area contributed by atoms with Crippen LogP contribution < -0.4 is 48.6 Å². The van der Waals surface area contributed by atoms with Crippen molar-refractivity contribution < 1.29 is 19.3 Å². The highest BCUT2D eigenvalue weighted by Crippen LogP contribution is 2.28. The summed E-state index contributed by atoms with van der Waals surface area (Å²) in [7, 11) is 1.58. The van der Waals surface area contributed by atoms with Gasteiger partial charge in [-0.1, -0.05) is 0 Å². The normalized spacial score (nSPS) is 9.83. The fourth-order valence-corrected chi connectivity index (χ4v) is 2.89. The number of hydrogen-bond acceptors (Lipinski definition) is 10. The van der Waals surface area contributed by atoms with Gasteiger partial charge in [0.25, 0.3) is 0 Å². The van der Waals surface area contributed by atoms with Crippen LogP contribution in [0.15, 0.2) is 36.4 Å². The minimum Gasteiger partial charge on any atom is -0.495 e. The molecule has 0 aliphatic rings. The molecule has 0 heterocycles. The van der Waals surface area contributed by atoms with Crippen LogP contribution in [0.1, 0.15) is 23.6 Å². The van der Waals surface area contributed by atoms with E-state index in [1.54, 1.807) is 31.4 Å². The summed E-state index contributed by atoms with van der Waals surface area (Å²) in [5.41, 5.74) is 40.4. The van der Waals surface area contributed by atoms with Crippen LogP contribution >= 0.6 is 0 Å². The molecule has 36 heavy (non-hydrogen) atoms. The Morgan fingerprint density at radius 2 is 0.944 bits per heavy atom. The zero-order chi connectivity index (χ0) is 27.4. The zero-order valence-electron chi connectivity index (χ0n) is 21.7. The van der Waals surface area contributed by atoms with E-state index in [0.717, 1.165) is 16.7 Å². The van der Waals surface area contributed by atoms with Crippen molar-refractivity contribution in [2.75, 3.05) is 61.3 Å². The maximum atomic E-state index is 8.55. The van der Waals surface area contributed by atoms with Crippen LogP contribution in [0.25, 0.3) is 0 Å². The van der Waals surface area contributed by atoms with Crippen LogP contribution in [-0.2, 0) is 0 Å². The van der Waals surface area contributed by atoms with Gasteiger partial charge < -0.3 is 53.7 Å². The van der Waals surface area contributed by atoms with Crippen molar-refractivity contribution in [1.29, 1.82) is 0 Å². The summed E-state index contributed by atoms with van der Waals surface area (Å²) < 4.78 is 15.5. The number of aliphatic hydroxyl groups is 1. The molecule has 10 nitrogen and oxygen atoms in total. The van der Waals surface area contributed by atoms with Gasteiger partial charge in [-0.15, -0.1) is 0 Å². The molecule has 0 saturated carbocycles. The molecule has 3 aromatic rings. The number of benzene rings is 3. The predicted octanol–water partition coefficient (Wildman–Crippen LogP) is 3.26. The van der Waals surface area contributed by atoms with Gasteiger partial charge in [-0.2, -0.15) is 0 Å². The van der Waals surface area contributed by atoms with Crippen molar-refractivity contribution in [3.8, 4) is 17.2 Å². The maximum Gasteiger partial charge on any atom is 0.142 e. The average Bonchev–Trinajstić information content (AvgIpc) is 2.82. The van der Waals surface area contributed by atoms with Crippen molar-refractivity contribution in [2.45, 2.75) is 27.7 Å². The summed E-state index contributed by atoms with van der Waals surface area (Å²) in [5.74, 6) is 1.96. The highest BCUT2D eigenvalue weighted by molar-refractivity contribution is 5.65. The number of rotatable bonds is 6. The molecule has 13 N–H and O–H groups in total. The Hall–Kier alpha value is -4.18. The summed E-state index contributed by atoms with van der Waals surface area (Å²) in [6.07, 6.45) is 0. The summed E-state index contributed by atoms with van der Waals surface area (Å²) in [6, 6.07) is 10.5. The molecule has 0 unspecified atom stereocenters. The van der Waals surface area contributed by atoms with Crippen LogP contribution in [-0.4, -0.2) is 32.0 Å². The monoisotopic (exact) mass is 500 g/mol. The Balaban J connectivity index is 0.000000271. The number of nitrogen functional groups attached to an aromatic ring is 6. The second kappa shape index (κ2) is 14.3. The molecule has 0 saturated heterocycles. The topological polar surface area (TPSA) is 204 Å². The van der Waals surface area contributed by atoms with Gasteiger partial charge in [-0.25, -0.2) is 0 Å². The molecule has 3 aromatic carbocycles. The number of ether oxygens (including phenoxy) is 3. The van der Waals surface area contributed by atoms with Gasteiger partial charge in [0.1, 0.15) is 23.9 Å². The first-order valence-electron chi connectivity index (χ1n) is 11.3. The zero-order valence-corrected chi connectivity index (χ0v) is 21.7. The lowest BCUT2D eigenvalue weighted by atomic mass is 10.2. The third-order valence-corrected chi connectivity index (χ3v) is 5.06. The molecule has 3 rings (SSSR count). The summed E-state index contributed by atoms with van der Waals surface area (Å²) >= 11 is 0. The molecule has 198 valence electrons. The van der Waals surface area contributed by atoms with Crippen LogP contribution in [0.5, 0.6) is 17.2 Å². The van der Waals surface area contributed by atoms with Gasteiger partial charge in [-0.3, -0.25) is 0 Å². The quantitative estimate of drug-likeness (QED) is 0.246. The van der Waals surface area contributed by atoms with E-state index in [0.29, 0.717) is 58.0 Å². The van der Waals surface area contributed by atoms with E-state index < -0.39 is 0 Å². The lowest BCUT2D eigenvalue weighted by Crippen LogP contribution is -2.05. The number of nitrogens with two attached hydrogens (primary N) is 6. The lowest BCUT2D eigenvalue weighted by Gasteiger charge is -2.09. The van der Waals surface area contributed by atoms with E-state index >= 15 is 0 Å². The van der Waals surface area contributed by atoms with Crippen molar-refractivity contribution >= 4 is 34.1 Å². The van der Waals surface area contributed by atoms with Crippen LogP contribution in [0.3, 0.4) is 0 Å². The van der Waals surface area contributed by atoms with Crippen molar-refractivity contribution in [3.05, 3.63) is 53.1 Å². The maximum absolute atomic E-state index is 8.55. The van der Waals surface area contributed by atoms with E-state index in [1.165, 1.54) is 0 Å². The molecule has 0 radical (unpaired) electrons. The minimum absolute atomic E-state index is 0.0249. The first-order valence-corrected chi connectivity index (χ1v) is 11.3. The van der Waals surface area contributed by atoms with Crippen molar-refractivity contribution in [1.82, 2.24) is 0 Å². The minimum atomic E-state index is -0.0249. The van der Waals surface area contributed by atoms with E-state index in [9.17, 15) is 0 Å². The van der Waals surface area contributed by atoms with E-state index in [-0.39, 0.29) is 13.2 Å². The Bertz CT molecular complexity index is 1140. The molecular weight excluding hydrogens is 460 g/mol. The standard InChI is InChI=1S/C9H14N2O2.C9H14N2O.C8H12N2O/c1-6-4-9(13-3-2-12)8(11)5-7(6)10;1-3-12-9-4-6(2)7(10)5-8(9)11;1-5-3-8(11-2)7(10)4-6(5)9/h4-5,12H,2-3,10-11H2,1H3;4-5H,3,10-11H2,1-2H3;3-4H,9-10H2,1-2H3. The first kappa shape index (κ1) is 29.9. The molecule has 10 heteroatoms. The highest BCUT2D eigenvalue weighted by Gasteiger charge is 2.04. The highest BCUT2D eigenvalue weighted by atomic mass is 16.5. The second-order valence-electron chi connectivity index (χ2n) is 7.95. The average molecular weight is 501 g/mol. The molecule has 0 amide bonds. The third kappa shape index (κ3) is 8.88. The second-order valence-corrected chi connectivity index (χ2v) is 7.95. The molecule has 0 aliphatic carbocycles. The number of anilines is 6. The summed E-state index contributed by atoms with van der Waals surface area (Å²) in [4.78, 5) is 0. The molecule has 0 fully saturated rings. The number of aliphatic hydroxyl groups excluding tert-OH is 1. The third-order valence-electron chi connectivity index (χ3n) is 5.06. The molecular formula is C26H40N6O4. The lowest BCUT2D eigenvalue weighted by molar-refractivity contribution is 0.202. The Kier molecular flexibility index (Phi) is 11.8. The number of aryl methyl sites for hydroxylation is 3. The molecule has 0 aliphatic heterocycles. The molecule has 0 atom stereocenters. The predicted molar refractivity (Wildman–Crippen MR) is 150 cm³/mol. The summed E-state index contributed by atoms with van der Waals surface area (Å²) in [5, 5.41) is 8.55. The van der Waals surface area contributed by atoms with Crippen molar-refractivity contribution in [3.63, 3.8) is 0 Å². The Labute approximate surface area is 213 Å². The van der Waals surface area contributed by atoms with Crippen LogP contribution in [0.4, 0.5) is 34.1 Å². The van der Waals surface area contributed by atoms with Crippen LogP contribution in [0.2, 0.25) is 0 Å².